The zero-order valence-corrected chi connectivity index (χ0v) is 24.5. The minimum atomic E-state index is -1.23. The number of hydrogen-bond donors (Lipinski definition) is 2. The van der Waals surface area contributed by atoms with Crippen molar-refractivity contribution < 1.29 is 28.7 Å². The van der Waals surface area contributed by atoms with Crippen molar-refractivity contribution in [2.45, 2.75) is 69.2 Å². The average molecular weight is 618 g/mol. The molecule has 4 aromatic rings. The molecule has 7 nitrogen and oxygen atoms in total. The van der Waals surface area contributed by atoms with E-state index in [9.17, 15) is 19.4 Å². The third-order valence-electron chi connectivity index (χ3n) is 9.03. The summed E-state index contributed by atoms with van der Waals surface area (Å²) in [6.07, 6.45) is 4.82. The lowest BCUT2D eigenvalue weighted by atomic mass is 9.68. The van der Waals surface area contributed by atoms with Crippen LogP contribution in [0.3, 0.4) is 0 Å². The molecule has 7 rings (SSSR count). The van der Waals surface area contributed by atoms with Crippen molar-refractivity contribution in [1.82, 2.24) is 10.1 Å². The van der Waals surface area contributed by atoms with E-state index in [1.807, 2.05) is 0 Å². The molecule has 2 aromatic carbocycles. The number of carboxylic acid groups (broad SMARTS) is 1. The standard InChI is InChI=1S/C30H27Cl2FN2O5S/c1-29(39-13-18-24(35-40-26(18)14-5-6-14)23-19(31)3-2-4-20(23)32)11-16-7-8-17(12-29)30(16,38)28-34-25-21(33)9-15(27(36)37)10-22(25)41-28/h2-4,9-10,14,16-17,38H,5-8,11-13H2,1H3,(H,36,37)/t16-,17+,29?,30+. The summed E-state index contributed by atoms with van der Waals surface area (Å²) in [4.78, 5) is 15.9. The number of rotatable bonds is 7. The first-order valence-corrected chi connectivity index (χ1v) is 15.3. The van der Waals surface area contributed by atoms with Crippen LogP contribution >= 0.6 is 34.5 Å². The predicted molar refractivity (Wildman–Crippen MR) is 153 cm³/mol. The number of aromatic carboxylic acids is 1. The average Bonchev–Trinajstić information content (AvgIpc) is 3.48. The minimum Gasteiger partial charge on any atom is -0.478 e. The molecule has 2 N–H and O–H groups in total. The molecule has 1 unspecified atom stereocenters. The number of carboxylic acids is 1. The molecule has 3 aliphatic rings. The fraction of sp³-hybridized carbons (Fsp3) is 0.433. The molecule has 2 aromatic heterocycles. The van der Waals surface area contributed by atoms with Crippen molar-refractivity contribution in [1.29, 1.82) is 0 Å². The van der Waals surface area contributed by atoms with Crippen molar-refractivity contribution in [2.24, 2.45) is 11.8 Å². The van der Waals surface area contributed by atoms with Crippen LogP contribution in [0.4, 0.5) is 4.39 Å². The number of thiazole rings is 1. The van der Waals surface area contributed by atoms with E-state index in [-0.39, 0.29) is 29.5 Å². The number of ether oxygens (including phenoxy) is 1. The lowest BCUT2D eigenvalue weighted by Gasteiger charge is -2.46. The highest BCUT2D eigenvalue weighted by atomic mass is 35.5. The van der Waals surface area contributed by atoms with Gasteiger partial charge in [0.1, 0.15) is 27.6 Å². The van der Waals surface area contributed by atoms with Gasteiger partial charge in [-0.15, -0.1) is 11.3 Å². The normalized spacial score (nSPS) is 27.5. The van der Waals surface area contributed by atoms with E-state index in [4.69, 9.17) is 32.5 Å². The summed E-state index contributed by atoms with van der Waals surface area (Å²) in [5.41, 5.74) is 0.277. The molecule has 3 aliphatic carbocycles. The Hall–Kier alpha value is -2.56. The summed E-state index contributed by atoms with van der Waals surface area (Å²) in [5.74, 6) is -1.07. The highest BCUT2D eigenvalue weighted by Crippen LogP contribution is 2.59. The van der Waals surface area contributed by atoms with Gasteiger partial charge in [-0.2, -0.15) is 0 Å². The highest BCUT2D eigenvalue weighted by molar-refractivity contribution is 7.18. The van der Waals surface area contributed by atoms with E-state index in [0.29, 0.717) is 49.8 Å². The van der Waals surface area contributed by atoms with Crippen molar-refractivity contribution in [3.8, 4) is 11.3 Å². The van der Waals surface area contributed by atoms with Gasteiger partial charge >= 0.3 is 5.97 Å². The first-order chi connectivity index (χ1) is 19.6. The van der Waals surface area contributed by atoms with E-state index in [0.717, 1.165) is 43.1 Å². The largest absolute Gasteiger partial charge is 0.478 e. The second-order valence-electron chi connectivity index (χ2n) is 11.8. The molecular formula is C30H27Cl2FN2O5S. The second-order valence-corrected chi connectivity index (χ2v) is 13.7. The Morgan fingerprint density at radius 3 is 2.49 bits per heavy atom. The minimum absolute atomic E-state index is 0.0956. The van der Waals surface area contributed by atoms with Crippen LogP contribution in [0.5, 0.6) is 0 Å². The van der Waals surface area contributed by atoms with E-state index >= 15 is 0 Å². The van der Waals surface area contributed by atoms with Crippen LogP contribution in [0.2, 0.25) is 10.0 Å². The van der Waals surface area contributed by atoms with Crippen LogP contribution in [0.1, 0.15) is 78.1 Å². The molecule has 3 fully saturated rings. The Morgan fingerprint density at radius 1 is 1.17 bits per heavy atom. The molecular weight excluding hydrogens is 590 g/mol. The predicted octanol–water partition coefficient (Wildman–Crippen LogP) is 7.96. The third kappa shape index (κ3) is 4.48. The summed E-state index contributed by atoms with van der Waals surface area (Å²) in [6.45, 7) is 2.34. The molecule has 0 saturated heterocycles. The van der Waals surface area contributed by atoms with Gasteiger partial charge in [0.05, 0.1) is 32.5 Å². The molecule has 11 heteroatoms. The molecule has 0 radical (unpaired) electrons. The van der Waals surface area contributed by atoms with Crippen molar-refractivity contribution >= 4 is 50.7 Å². The Morgan fingerprint density at radius 2 is 1.85 bits per heavy atom. The van der Waals surface area contributed by atoms with E-state index in [2.05, 4.69) is 17.1 Å². The number of aromatic nitrogens is 2. The van der Waals surface area contributed by atoms with E-state index in [1.54, 1.807) is 18.2 Å². The number of fused-ring (bicyclic) bond motifs is 3. The van der Waals surface area contributed by atoms with Gasteiger partial charge in [-0.3, -0.25) is 0 Å². The summed E-state index contributed by atoms with van der Waals surface area (Å²) >= 11 is 14.2. The van der Waals surface area contributed by atoms with Gasteiger partial charge in [0.2, 0.25) is 0 Å². The van der Waals surface area contributed by atoms with E-state index < -0.39 is 23.0 Å². The van der Waals surface area contributed by atoms with Crippen molar-refractivity contribution in [3.05, 3.63) is 68.1 Å². The van der Waals surface area contributed by atoms with Crippen LogP contribution in [0.15, 0.2) is 34.9 Å². The van der Waals surface area contributed by atoms with Gasteiger partial charge < -0.3 is 19.5 Å². The van der Waals surface area contributed by atoms with E-state index in [1.165, 1.54) is 17.4 Å². The SMILES string of the molecule is CC1(OCc2c(-c3c(Cl)cccc3Cl)noc2C2CC2)C[C@H]2CC[C@@H](C1)[C@]2(O)c1nc2c(F)cc(C(=O)O)cc2s1. The van der Waals surface area contributed by atoms with Gasteiger partial charge in [-0.1, -0.05) is 34.4 Å². The zero-order chi connectivity index (χ0) is 28.7. The monoisotopic (exact) mass is 616 g/mol. The molecule has 0 aliphatic heterocycles. The molecule has 4 atom stereocenters. The first kappa shape index (κ1) is 27.3. The number of aliphatic hydroxyl groups is 1. The fourth-order valence-corrected chi connectivity index (χ4v) is 8.71. The van der Waals surface area contributed by atoms with Gasteiger partial charge in [0, 0.05) is 17.0 Å². The Bertz CT molecular complexity index is 1670. The fourth-order valence-electron chi connectivity index (χ4n) is 6.86. The van der Waals surface area contributed by atoms with Crippen LogP contribution in [-0.4, -0.2) is 31.9 Å². The third-order valence-corrected chi connectivity index (χ3v) is 10.8. The number of halogens is 3. The Kier molecular flexibility index (Phi) is 6.48. The summed E-state index contributed by atoms with van der Waals surface area (Å²) < 4.78 is 27.6. The summed E-state index contributed by atoms with van der Waals surface area (Å²) in [7, 11) is 0. The van der Waals surface area contributed by atoms with Crippen LogP contribution in [-0.2, 0) is 16.9 Å². The number of nitrogens with zero attached hydrogens (tertiary/aromatic N) is 2. The highest BCUT2D eigenvalue weighted by Gasteiger charge is 2.59. The topological polar surface area (TPSA) is 106 Å². The summed E-state index contributed by atoms with van der Waals surface area (Å²) in [5, 5.41) is 27.2. The molecule has 214 valence electrons. The maximum atomic E-state index is 14.7. The number of hydrogen-bond acceptors (Lipinski definition) is 7. The second kappa shape index (κ2) is 9.74. The van der Waals surface area contributed by atoms with Gasteiger partial charge in [-0.25, -0.2) is 14.2 Å². The lowest BCUT2D eigenvalue weighted by Crippen LogP contribution is -2.49. The van der Waals surface area contributed by atoms with Crippen molar-refractivity contribution in [2.75, 3.05) is 0 Å². The number of carbonyl (C=O) groups is 1. The molecule has 41 heavy (non-hydrogen) atoms. The number of benzene rings is 2. The Labute approximate surface area is 249 Å². The molecule has 3 saturated carbocycles. The molecule has 0 spiro atoms. The molecule has 2 heterocycles. The maximum absolute atomic E-state index is 14.7. The maximum Gasteiger partial charge on any atom is 0.335 e. The van der Waals surface area contributed by atoms with Gasteiger partial charge in [-0.05, 0) is 81.5 Å². The van der Waals surface area contributed by atoms with Gasteiger partial charge in [0.25, 0.3) is 0 Å². The summed E-state index contributed by atoms with van der Waals surface area (Å²) in [6, 6.07) is 7.73. The smallest absolute Gasteiger partial charge is 0.335 e. The van der Waals surface area contributed by atoms with Crippen LogP contribution in [0, 0.1) is 17.7 Å². The molecule has 2 bridgehead atoms. The molecule has 0 amide bonds. The first-order valence-electron chi connectivity index (χ1n) is 13.7. The van der Waals surface area contributed by atoms with Crippen LogP contribution < -0.4 is 0 Å². The lowest BCUT2D eigenvalue weighted by molar-refractivity contribution is -0.158. The quantitative estimate of drug-likeness (QED) is 0.217. The van der Waals surface area contributed by atoms with Gasteiger partial charge in [0.15, 0.2) is 5.82 Å². The van der Waals surface area contributed by atoms with Crippen LogP contribution in [0.25, 0.3) is 21.5 Å². The van der Waals surface area contributed by atoms with Crippen molar-refractivity contribution in [3.63, 3.8) is 0 Å². The zero-order valence-electron chi connectivity index (χ0n) is 22.1. The Balaban J connectivity index is 1.16.